The van der Waals surface area contributed by atoms with E-state index in [-0.39, 0.29) is 18.0 Å². The maximum Gasteiger partial charge on any atom is 0.255 e. The van der Waals surface area contributed by atoms with Gasteiger partial charge >= 0.3 is 0 Å². The van der Waals surface area contributed by atoms with Gasteiger partial charge in [0, 0.05) is 11.6 Å². The summed E-state index contributed by atoms with van der Waals surface area (Å²) in [4.78, 5) is 24.8. The number of H-pyrrole nitrogens is 1. The number of unbranched alkanes of at least 4 members (excludes halogenated alkanes) is 1. The molecule has 0 aliphatic rings. The minimum absolute atomic E-state index is 0.0523. The van der Waals surface area contributed by atoms with E-state index in [2.05, 4.69) is 76.5 Å². The Kier molecular flexibility index (Phi) is 7.76. The Balaban J connectivity index is 2.16. The summed E-state index contributed by atoms with van der Waals surface area (Å²) in [5.41, 5.74) is 6.09. The average Bonchev–Trinajstić information content (AvgIpc) is 3.16. The number of aromatic nitrogens is 2. The average molecular weight is 434 g/mol. The van der Waals surface area contributed by atoms with Crippen LogP contribution in [-0.2, 0) is 0 Å². The maximum atomic E-state index is 14.1. The molecule has 1 amide bonds. The van der Waals surface area contributed by atoms with Gasteiger partial charge in [-0.05, 0) is 70.2 Å². The normalized spacial score (nSPS) is 13.5. The van der Waals surface area contributed by atoms with Crippen LogP contribution < -0.4 is 0 Å². The fourth-order valence-electron chi connectivity index (χ4n) is 5.07. The fourth-order valence-corrected chi connectivity index (χ4v) is 5.07. The number of nitrogens with zero attached hydrogens (tertiary/aromatic N) is 2. The second-order valence-electron chi connectivity index (χ2n) is 9.47. The first-order chi connectivity index (χ1) is 15.3. The highest BCUT2D eigenvalue weighted by Gasteiger charge is 2.36. The Morgan fingerprint density at radius 1 is 1.06 bits per heavy atom. The Morgan fingerprint density at radius 2 is 1.72 bits per heavy atom. The molecule has 1 N–H and O–H groups in total. The van der Waals surface area contributed by atoms with Crippen molar-refractivity contribution in [2.45, 2.75) is 86.2 Å². The van der Waals surface area contributed by atoms with Gasteiger partial charge in [-0.25, -0.2) is 4.98 Å². The summed E-state index contributed by atoms with van der Waals surface area (Å²) in [6.07, 6.45) is 4.38. The number of carbonyl (C=O) groups is 1. The first-order valence-electron chi connectivity index (χ1n) is 12.1. The number of benzene rings is 2. The Morgan fingerprint density at radius 3 is 2.28 bits per heavy atom. The smallest absolute Gasteiger partial charge is 0.255 e. The molecule has 0 spiro atoms. The first kappa shape index (κ1) is 24.0. The predicted octanol–water partition coefficient (Wildman–Crippen LogP) is 7.30. The number of fused-ring (bicyclic) bond motifs is 1. The molecule has 2 unspecified atom stereocenters. The number of carbonyl (C=O) groups excluding carboxylic acids is 1. The van der Waals surface area contributed by atoms with E-state index >= 15 is 0 Å². The van der Waals surface area contributed by atoms with E-state index in [0.29, 0.717) is 5.92 Å². The molecule has 0 aliphatic heterocycles. The van der Waals surface area contributed by atoms with Crippen LogP contribution in [0.15, 0.2) is 36.4 Å². The second-order valence-corrected chi connectivity index (χ2v) is 9.47. The molecule has 2 atom stereocenters. The van der Waals surface area contributed by atoms with E-state index in [1.807, 2.05) is 18.2 Å². The van der Waals surface area contributed by atoms with Crippen molar-refractivity contribution in [3.05, 3.63) is 64.5 Å². The van der Waals surface area contributed by atoms with Crippen molar-refractivity contribution in [1.29, 1.82) is 0 Å². The van der Waals surface area contributed by atoms with E-state index in [4.69, 9.17) is 4.98 Å². The molecular formula is C28H39N3O. The van der Waals surface area contributed by atoms with Gasteiger partial charge in [-0.1, -0.05) is 62.9 Å². The summed E-state index contributed by atoms with van der Waals surface area (Å²) in [5.74, 6) is 1.35. The highest BCUT2D eigenvalue weighted by molar-refractivity contribution is 5.97. The van der Waals surface area contributed by atoms with Crippen molar-refractivity contribution < 1.29 is 4.79 Å². The van der Waals surface area contributed by atoms with Crippen LogP contribution in [0.5, 0.6) is 0 Å². The van der Waals surface area contributed by atoms with Crippen LogP contribution >= 0.6 is 0 Å². The minimum atomic E-state index is -0.0912. The molecule has 3 aromatic rings. The zero-order valence-electron chi connectivity index (χ0n) is 20.8. The Bertz CT molecular complexity index is 1010. The summed E-state index contributed by atoms with van der Waals surface area (Å²) in [5, 5.41) is 0. The predicted molar refractivity (Wildman–Crippen MR) is 134 cm³/mol. The van der Waals surface area contributed by atoms with Gasteiger partial charge in [0.25, 0.3) is 5.91 Å². The van der Waals surface area contributed by atoms with Crippen LogP contribution in [0, 0.1) is 26.7 Å². The Hall–Kier alpha value is -2.62. The molecule has 3 rings (SSSR count). The molecule has 0 radical (unpaired) electrons. The van der Waals surface area contributed by atoms with Crippen LogP contribution in [0.4, 0.5) is 0 Å². The number of aryl methyl sites for hydroxylation is 3. The van der Waals surface area contributed by atoms with Gasteiger partial charge < -0.3 is 9.88 Å². The lowest BCUT2D eigenvalue weighted by Gasteiger charge is -2.39. The van der Waals surface area contributed by atoms with E-state index < -0.39 is 0 Å². The summed E-state index contributed by atoms with van der Waals surface area (Å²) in [6, 6.07) is 12.3. The van der Waals surface area contributed by atoms with Gasteiger partial charge in [-0.15, -0.1) is 0 Å². The van der Waals surface area contributed by atoms with Crippen molar-refractivity contribution in [2.24, 2.45) is 5.92 Å². The molecule has 0 aliphatic carbocycles. The molecule has 1 aromatic heterocycles. The van der Waals surface area contributed by atoms with Gasteiger partial charge in [0.05, 0.1) is 17.1 Å². The summed E-state index contributed by atoms with van der Waals surface area (Å²) < 4.78 is 0. The van der Waals surface area contributed by atoms with Crippen LogP contribution in [0.3, 0.4) is 0 Å². The number of hydrogen-bond donors (Lipinski definition) is 1. The van der Waals surface area contributed by atoms with Crippen LogP contribution in [-0.4, -0.2) is 26.8 Å². The highest BCUT2D eigenvalue weighted by atomic mass is 16.2. The zero-order valence-corrected chi connectivity index (χ0v) is 20.8. The van der Waals surface area contributed by atoms with Gasteiger partial charge in [0.2, 0.25) is 0 Å². The molecule has 172 valence electrons. The number of imidazole rings is 1. The van der Waals surface area contributed by atoms with Crippen LogP contribution in [0.25, 0.3) is 11.0 Å². The van der Waals surface area contributed by atoms with Crippen LogP contribution in [0.1, 0.15) is 92.3 Å². The van der Waals surface area contributed by atoms with E-state index in [9.17, 15) is 4.79 Å². The largest absolute Gasteiger partial charge is 0.340 e. The van der Waals surface area contributed by atoms with E-state index in [0.717, 1.165) is 59.2 Å². The lowest BCUT2D eigenvalue weighted by molar-refractivity contribution is 0.0480. The quantitative estimate of drug-likeness (QED) is 0.385. The zero-order chi connectivity index (χ0) is 23.4. The van der Waals surface area contributed by atoms with Crippen molar-refractivity contribution in [3.63, 3.8) is 0 Å². The first-order valence-corrected chi connectivity index (χ1v) is 12.1. The van der Waals surface area contributed by atoms with Crippen molar-refractivity contribution in [3.8, 4) is 0 Å². The number of hydrogen-bond acceptors (Lipinski definition) is 2. The summed E-state index contributed by atoms with van der Waals surface area (Å²) >= 11 is 0. The van der Waals surface area contributed by atoms with Gasteiger partial charge in [-0.3, -0.25) is 4.79 Å². The standard InChI is InChI=1S/C28H39N3O/c1-8-10-13-22(9-2)26(27-29-23-14-11-12-15-24(23)30-27)31(18(3)4)28(32)25-20(6)16-19(5)17-21(25)7/h11-12,14-18,22,26H,8-10,13H2,1-7H3,(H,29,30). The topological polar surface area (TPSA) is 49.0 Å². The molecule has 0 bridgehead atoms. The lowest BCUT2D eigenvalue weighted by atomic mass is 9.87. The number of para-hydroxylation sites is 2. The molecule has 0 fully saturated rings. The number of aromatic amines is 1. The van der Waals surface area contributed by atoms with Gasteiger partial charge in [0.15, 0.2) is 0 Å². The third-order valence-corrected chi connectivity index (χ3v) is 6.57. The molecule has 0 saturated carbocycles. The summed E-state index contributed by atoms with van der Waals surface area (Å²) in [6.45, 7) is 14.9. The van der Waals surface area contributed by atoms with Crippen molar-refractivity contribution in [1.82, 2.24) is 14.9 Å². The molecule has 0 saturated heterocycles. The van der Waals surface area contributed by atoms with Crippen molar-refractivity contribution >= 4 is 16.9 Å². The number of rotatable bonds is 9. The molecule has 32 heavy (non-hydrogen) atoms. The fraction of sp³-hybridized carbons (Fsp3) is 0.500. The molecule has 1 heterocycles. The van der Waals surface area contributed by atoms with Gasteiger partial charge in [0.1, 0.15) is 5.82 Å². The van der Waals surface area contributed by atoms with E-state index in [1.54, 1.807) is 0 Å². The van der Waals surface area contributed by atoms with E-state index in [1.165, 1.54) is 5.56 Å². The maximum absolute atomic E-state index is 14.1. The van der Waals surface area contributed by atoms with Crippen molar-refractivity contribution in [2.75, 3.05) is 0 Å². The monoisotopic (exact) mass is 433 g/mol. The minimum Gasteiger partial charge on any atom is -0.340 e. The lowest BCUT2D eigenvalue weighted by Crippen LogP contribution is -2.44. The van der Waals surface area contributed by atoms with Gasteiger partial charge in [-0.2, -0.15) is 0 Å². The second kappa shape index (κ2) is 10.3. The molecular weight excluding hydrogens is 394 g/mol. The van der Waals surface area contributed by atoms with Crippen LogP contribution in [0.2, 0.25) is 0 Å². The molecule has 2 aromatic carbocycles. The molecule has 4 nitrogen and oxygen atoms in total. The number of amides is 1. The third-order valence-electron chi connectivity index (χ3n) is 6.57. The SMILES string of the molecule is CCCCC(CC)C(c1nc2ccccc2[nH]1)N(C(=O)c1c(C)cc(C)cc1C)C(C)C. The molecule has 4 heteroatoms. The highest BCUT2D eigenvalue weighted by Crippen LogP contribution is 2.37. The summed E-state index contributed by atoms with van der Waals surface area (Å²) in [7, 11) is 0. The number of nitrogens with one attached hydrogen (secondary N) is 1. The Labute approximate surface area is 193 Å². The third kappa shape index (κ3) is 4.90.